The van der Waals surface area contributed by atoms with Crippen molar-refractivity contribution in [2.75, 3.05) is 0 Å². The summed E-state index contributed by atoms with van der Waals surface area (Å²) in [6.45, 7) is 0. The summed E-state index contributed by atoms with van der Waals surface area (Å²) in [7, 11) is 0. The summed E-state index contributed by atoms with van der Waals surface area (Å²) in [4.78, 5) is 27.8. The zero-order chi connectivity index (χ0) is 13.1. The third-order valence-corrected chi connectivity index (χ3v) is 3.73. The lowest BCUT2D eigenvalue weighted by molar-refractivity contribution is 0.0968. The zero-order valence-corrected chi connectivity index (χ0v) is 10.4. The van der Waals surface area contributed by atoms with Gasteiger partial charge in [-0.3, -0.25) is 14.2 Å². The predicted octanol–water partition coefficient (Wildman–Crippen LogP) is 2.65. The first-order chi connectivity index (χ1) is 9.18. The van der Waals surface area contributed by atoms with Crippen LogP contribution in [0, 0.1) is 0 Å². The molecule has 1 N–H and O–H groups in total. The Morgan fingerprint density at radius 3 is 2.79 bits per heavy atom. The second kappa shape index (κ2) is 3.36. The molecule has 0 atom stereocenters. The lowest BCUT2D eigenvalue weighted by Crippen LogP contribution is -2.17. The minimum Gasteiger partial charge on any atom is -0.352 e. The molecule has 0 saturated carbocycles. The zero-order valence-electron chi connectivity index (χ0n) is 9.61. The van der Waals surface area contributed by atoms with Gasteiger partial charge in [-0.2, -0.15) is 0 Å². The predicted molar refractivity (Wildman–Crippen MR) is 72.7 cm³/mol. The highest BCUT2D eigenvalue weighted by Gasteiger charge is 2.30. The van der Waals surface area contributed by atoms with Crippen LogP contribution in [0.25, 0.3) is 22.3 Å². The molecule has 0 unspecified atom stereocenters. The van der Waals surface area contributed by atoms with Gasteiger partial charge in [-0.1, -0.05) is 17.7 Å². The summed E-state index contributed by atoms with van der Waals surface area (Å²) in [5.41, 5.74) is 1.76. The van der Waals surface area contributed by atoms with Gasteiger partial charge in [0.1, 0.15) is 5.56 Å². The number of rotatable bonds is 0. The monoisotopic (exact) mass is 270 g/mol. The van der Waals surface area contributed by atoms with E-state index in [0.717, 1.165) is 0 Å². The van der Waals surface area contributed by atoms with Crippen molar-refractivity contribution in [3.8, 4) is 11.4 Å². The maximum atomic E-state index is 12.5. The quantitative estimate of drug-likeness (QED) is 0.534. The molecule has 0 spiro atoms. The summed E-state index contributed by atoms with van der Waals surface area (Å²) >= 11 is 6.06. The van der Waals surface area contributed by atoms with Crippen LogP contribution in [0.2, 0.25) is 5.02 Å². The highest BCUT2D eigenvalue weighted by atomic mass is 35.5. The Hall–Kier alpha value is -2.33. The molecule has 0 saturated heterocycles. The minimum absolute atomic E-state index is 0.163. The number of nitrogens with one attached hydrogen (secondary N) is 1. The number of H-pyrrole nitrogens is 1. The molecule has 0 bridgehead atoms. The fourth-order valence-electron chi connectivity index (χ4n) is 2.57. The van der Waals surface area contributed by atoms with E-state index in [4.69, 9.17) is 11.6 Å². The molecule has 19 heavy (non-hydrogen) atoms. The topological polar surface area (TPSA) is 54.9 Å². The van der Waals surface area contributed by atoms with E-state index in [9.17, 15) is 9.59 Å². The van der Waals surface area contributed by atoms with Crippen molar-refractivity contribution in [3.05, 3.63) is 57.3 Å². The lowest BCUT2D eigenvalue weighted by Gasteiger charge is -2.03. The molecule has 0 aliphatic carbocycles. The first-order valence-electron chi connectivity index (χ1n) is 5.75. The van der Waals surface area contributed by atoms with Crippen LogP contribution < -0.4 is 5.43 Å². The van der Waals surface area contributed by atoms with Crippen molar-refractivity contribution in [1.29, 1.82) is 0 Å². The lowest BCUT2D eigenvalue weighted by atomic mass is 10.1. The van der Waals surface area contributed by atoms with E-state index in [-0.39, 0.29) is 16.9 Å². The third kappa shape index (κ3) is 1.19. The van der Waals surface area contributed by atoms with E-state index in [2.05, 4.69) is 4.98 Å². The number of benzene rings is 1. The maximum Gasteiger partial charge on any atom is 0.268 e. The molecular formula is C14H7ClN2O2. The van der Waals surface area contributed by atoms with E-state index in [1.54, 1.807) is 36.5 Å². The standard InChI is InChI=1S/C14H7ClN2O2/c15-7-3-1-4-8-10(7)13(18)11-12(16-8)9-5-2-6-17(9)14(11)19/h1-6H,(H,16,18). The van der Waals surface area contributed by atoms with Crippen LogP contribution in [0.1, 0.15) is 10.4 Å². The Morgan fingerprint density at radius 1 is 1.11 bits per heavy atom. The second-order valence-electron chi connectivity index (χ2n) is 4.44. The molecule has 3 aromatic rings. The Morgan fingerprint density at radius 2 is 1.95 bits per heavy atom. The molecule has 4 rings (SSSR count). The number of halogens is 1. The number of fused-ring (bicyclic) bond motifs is 4. The molecular weight excluding hydrogens is 264 g/mol. The van der Waals surface area contributed by atoms with Gasteiger partial charge in [-0.25, -0.2) is 0 Å². The van der Waals surface area contributed by atoms with E-state index < -0.39 is 0 Å². The third-order valence-electron chi connectivity index (χ3n) is 3.41. The van der Waals surface area contributed by atoms with E-state index in [0.29, 0.717) is 27.3 Å². The van der Waals surface area contributed by atoms with Crippen LogP contribution in [0.15, 0.2) is 41.3 Å². The van der Waals surface area contributed by atoms with Crippen molar-refractivity contribution < 1.29 is 4.79 Å². The largest absolute Gasteiger partial charge is 0.352 e. The van der Waals surface area contributed by atoms with Crippen LogP contribution in [-0.2, 0) is 0 Å². The summed E-state index contributed by atoms with van der Waals surface area (Å²) in [6, 6.07) is 8.76. The van der Waals surface area contributed by atoms with Gasteiger partial charge in [-0.15, -0.1) is 0 Å². The average molecular weight is 271 g/mol. The Balaban J connectivity index is 2.25. The van der Waals surface area contributed by atoms with Crippen molar-refractivity contribution in [3.63, 3.8) is 0 Å². The van der Waals surface area contributed by atoms with Crippen LogP contribution in [0.4, 0.5) is 0 Å². The maximum absolute atomic E-state index is 12.5. The highest BCUT2D eigenvalue weighted by molar-refractivity contribution is 6.35. The number of carbonyl (C=O) groups excluding carboxylic acids is 1. The molecule has 0 amide bonds. The Kier molecular flexibility index (Phi) is 1.87. The molecule has 1 aromatic carbocycles. The van der Waals surface area contributed by atoms with Gasteiger partial charge in [0.15, 0.2) is 0 Å². The highest BCUT2D eigenvalue weighted by Crippen LogP contribution is 2.31. The van der Waals surface area contributed by atoms with Crippen molar-refractivity contribution in [1.82, 2.24) is 9.55 Å². The normalized spacial score (nSPS) is 12.8. The fraction of sp³-hybridized carbons (Fsp3) is 0. The van der Waals surface area contributed by atoms with E-state index in [1.807, 2.05) is 0 Å². The molecule has 2 aromatic heterocycles. The number of pyridine rings is 1. The van der Waals surface area contributed by atoms with Gasteiger partial charge >= 0.3 is 0 Å². The second-order valence-corrected chi connectivity index (χ2v) is 4.84. The number of aromatic amines is 1. The molecule has 4 nitrogen and oxygen atoms in total. The molecule has 1 aliphatic rings. The van der Waals surface area contributed by atoms with Crippen LogP contribution in [0.3, 0.4) is 0 Å². The smallest absolute Gasteiger partial charge is 0.268 e. The summed E-state index contributed by atoms with van der Waals surface area (Å²) in [6.07, 6.45) is 1.65. The number of hydrogen-bond donors (Lipinski definition) is 1. The molecule has 0 fully saturated rings. The van der Waals surface area contributed by atoms with Crippen molar-refractivity contribution in [2.24, 2.45) is 0 Å². The summed E-state index contributed by atoms with van der Waals surface area (Å²) < 4.78 is 1.47. The van der Waals surface area contributed by atoms with Gasteiger partial charge in [0, 0.05) is 6.20 Å². The van der Waals surface area contributed by atoms with Crippen LogP contribution >= 0.6 is 11.6 Å². The van der Waals surface area contributed by atoms with Gasteiger partial charge in [0.25, 0.3) is 5.91 Å². The number of aromatic nitrogens is 2. The van der Waals surface area contributed by atoms with Crippen LogP contribution in [0.5, 0.6) is 0 Å². The first-order valence-corrected chi connectivity index (χ1v) is 6.13. The molecule has 0 radical (unpaired) electrons. The van der Waals surface area contributed by atoms with E-state index in [1.165, 1.54) is 4.57 Å². The number of nitrogens with zero attached hydrogens (tertiary/aromatic N) is 1. The SMILES string of the molecule is O=C1c2c([nH]c3cccc(Cl)c3c2=O)-c2cccn21. The van der Waals surface area contributed by atoms with Gasteiger partial charge in [0.05, 0.1) is 27.3 Å². The molecule has 1 aliphatic heterocycles. The first kappa shape index (κ1) is 10.6. The summed E-state index contributed by atoms with van der Waals surface area (Å²) in [5.74, 6) is -0.307. The van der Waals surface area contributed by atoms with Gasteiger partial charge < -0.3 is 4.98 Å². The van der Waals surface area contributed by atoms with Gasteiger partial charge in [0.2, 0.25) is 5.43 Å². The number of hydrogen-bond acceptors (Lipinski definition) is 2. The van der Waals surface area contributed by atoms with Gasteiger partial charge in [-0.05, 0) is 24.3 Å². The molecule has 3 heterocycles. The summed E-state index contributed by atoms with van der Waals surface area (Å²) in [5, 5.41) is 0.716. The molecule has 92 valence electrons. The Bertz CT molecular complexity index is 921. The molecule has 5 heteroatoms. The van der Waals surface area contributed by atoms with Crippen LogP contribution in [-0.4, -0.2) is 15.5 Å². The van der Waals surface area contributed by atoms with Crippen molar-refractivity contribution >= 4 is 28.4 Å². The Labute approximate surface area is 112 Å². The van der Waals surface area contributed by atoms with Crippen molar-refractivity contribution in [2.45, 2.75) is 0 Å². The fourth-order valence-corrected chi connectivity index (χ4v) is 2.83. The van der Waals surface area contributed by atoms with E-state index >= 15 is 0 Å². The minimum atomic E-state index is -0.317. The number of carbonyl (C=O) groups is 1. The average Bonchev–Trinajstić information content (AvgIpc) is 2.94.